The number of benzene rings is 3. The molecule has 7 nitrogen and oxygen atoms in total. The van der Waals surface area contributed by atoms with Crippen molar-refractivity contribution in [3.05, 3.63) is 89.7 Å². The van der Waals surface area contributed by atoms with Crippen molar-refractivity contribution in [2.75, 3.05) is 49.6 Å². The monoisotopic (exact) mass is 551 g/mol. The highest BCUT2D eigenvalue weighted by molar-refractivity contribution is 7.85. The molecule has 0 spiro atoms. The minimum Gasteiger partial charge on any atom is -0.371 e. The molecule has 0 aliphatic carbocycles. The lowest BCUT2D eigenvalue weighted by atomic mass is 9.89. The maximum atomic E-state index is 13.0. The molecule has 2 atom stereocenters. The average Bonchev–Trinajstić information content (AvgIpc) is 3.25. The Hall–Kier alpha value is -3.27. The van der Waals surface area contributed by atoms with Crippen LogP contribution < -0.4 is 9.80 Å². The molecule has 1 fully saturated rings. The number of likely N-dealkylation sites (tertiary alicyclic amines) is 1. The molecule has 9 heteroatoms. The molecule has 0 bridgehead atoms. The van der Waals surface area contributed by atoms with Crippen LogP contribution in [0.3, 0.4) is 0 Å². The van der Waals surface area contributed by atoms with E-state index in [1.54, 1.807) is 30.3 Å². The van der Waals surface area contributed by atoms with Gasteiger partial charge >= 0.3 is 0 Å². The Morgan fingerprint density at radius 3 is 2.41 bits per heavy atom. The fourth-order valence-electron chi connectivity index (χ4n) is 6.02. The normalized spacial score (nSPS) is 20.1. The van der Waals surface area contributed by atoms with Gasteiger partial charge in [-0.2, -0.15) is 8.42 Å². The molecule has 3 heterocycles. The summed E-state index contributed by atoms with van der Waals surface area (Å²) in [5, 5.41) is 0. The zero-order valence-corrected chi connectivity index (χ0v) is 22.9. The maximum Gasteiger partial charge on any atom is 0.294 e. The quantitative estimate of drug-likeness (QED) is 0.347. The number of nitrogens with zero attached hydrogens (tertiary/aromatic N) is 3. The van der Waals surface area contributed by atoms with Gasteiger partial charge in [-0.25, -0.2) is 4.39 Å². The summed E-state index contributed by atoms with van der Waals surface area (Å²) in [7, 11) is -1.81. The van der Waals surface area contributed by atoms with Crippen LogP contribution in [0.15, 0.2) is 77.7 Å². The number of hydrogen-bond acceptors (Lipinski definition) is 6. The van der Waals surface area contributed by atoms with E-state index in [9.17, 15) is 17.6 Å². The van der Waals surface area contributed by atoms with Gasteiger partial charge in [-0.1, -0.05) is 30.3 Å². The second-order valence-corrected chi connectivity index (χ2v) is 11.8. The smallest absolute Gasteiger partial charge is 0.294 e. The second-order valence-electron chi connectivity index (χ2n) is 10.4. The molecule has 1 N–H and O–H groups in total. The van der Waals surface area contributed by atoms with Crippen molar-refractivity contribution in [3.8, 4) is 0 Å². The zero-order valence-electron chi connectivity index (χ0n) is 22.0. The molecule has 0 radical (unpaired) electrons. The van der Waals surface area contributed by atoms with E-state index in [2.05, 4.69) is 39.9 Å². The number of piperidine rings is 1. The summed E-state index contributed by atoms with van der Waals surface area (Å²) in [5.74, 6) is 0.377. The van der Waals surface area contributed by atoms with E-state index in [4.69, 9.17) is 4.55 Å². The maximum absolute atomic E-state index is 13.0. The van der Waals surface area contributed by atoms with Crippen molar-refractivity contribution < 1.29 is 22.2 Å². The Labute approximate surface area is 229 Å². The fourth-order valence-corrected chi connectivity index (χ4v) is 6.52. The third kappa shape index (κ3) is 6.00. The summed E-state index contributed by atoms with van der Waals surface area (Å²) >= 11 is 0. The third-order valence-electron chi connectivity index (χ3n) is 7.97. The van der Waals surface area contributed by atoms with Gasteiger partial charge in [-0.3, -0.25) is 9.35 Å². The standard InChI is InChI=1S/C24H28FN3O.C6H6O3S/c1-26-14-15-28-21-11-13-27(16-20(21)19-4-2-5-22(26)24(19)28)12-3-6-23(29)17-7-9-18(25)10-8-17;7-10(8,9)6-4-2-1-3-5-6/h2,4-5,7-10,20-21H,3,6,11-16H2,1H3;1-5H,(H,7,8,9). The van der Waals surface area contributed by atoms with Gasteiger partial charge in [-0.15, -0.1) is 0 Å². The largest absolute Gasteiger partial charge is 0.371 e. The molecular formula is C30H34FN3O4S. The first-order chi connectivity index (χ1) is 18.7. The van der Waals surface area contributed by atoms with Gasteiger partial charge in [-0.05, 0) is 67.4 Å². The second kappa shape index (κ2) is 11.5. The lowest BCUT2D eigenvalue weighted by Crippen LogP contribution is -2.49. The number of carbonyl (C=O) groups is 1. The van der Waals surface area contributed by atoms with Crippen molar-refractivity contribution in [1.29, 1.82) is 0 Å². The molecule has 3 aromatic rings. The summed E-state index contributed by atoms with van der Waals surface area (Å²) < 4.78 is 42.3. The van der Waals surface area contributed by atoms with Crippen LogP contribution in [0.2, 0.25) is 0 Å². The molecule has 0 saturated carbocycles. The first-order valence-electron chi connectivity index (χ1n) is 13.4. The summed E-state index contributed by atoms with van der Waals surface area (Å²) in [6, 6.07) is 20.7. The summed E-state index contributed by atoms with van der Waals surface area (Å²) in [5.41, 5.74) is 4.95. The molecule has 0 amide bonds. The van der Waals surface area contributed by atoms with Crippen molar-refractivity contribution in [1.82, 2.24) is 4.90 Å². The predicted octanol–water partition coefficient (Wildman–Crippen LogP) is 4.85. The molecule has 39 heavy (non-hydrogen) atoms. The van der Waals surface area contributed by atoms with Gasteiger partial charge in [0.25, 0.3) is 10.1 Å². The highest BCUT2D eigenvalue weighted by atomic mass is 32.2. The number of likely N-dealkylation sites (N-methyl/N-ethyl adjacent to an activating group) is 1. The molecular weight excluding hydrogens is 517 g/mol. The molecule has 6 rings (SSSR count). The lowest BCUT2D eigenvalue weighted by Gasteiger charge is -2.41. The summed E-state index contributed by atoms with van der Waals surface area (Å²) in [6.07, 6.45) is 2.56. The van der Waals surface area contributed by atoms with Crippen molar-refractivity contribution in [2.24, 2.45) is 0 Å². The number of hydrogen-bond donors (Lipinski definition) is 1. The van der Waals surface area contributed by atoms with E-state index in [-0.39, 0.29) is 16.5 Å². The lowest BCUT2D eigenvalue weighted by molar-refractivity contribution is 0.0971. The van der Waals surface area contributed by atoms with Gasteiger partial charge in [0.15, 0.2) is 5.78 Å². The number of rotatable bonds is 6. The van der Waals surface area contributed by atoms with Crippen LogP contribution in [0.1, 0.15) is 41.1 Å². The van der Waals surface area contributed by atoms with E-state index in [1.807, 2.05) is 0 Å². The average molecular weight is 552 g/mol. The van der Waals surface area contributed by atoms with Gasteiger partial charge in [0, 0.05) is 57.2 Å². The Morgan fingerprint density at radius 2 is 1.72 bits per heavy atom. The van der Waals surface area contributed by atoms with Crippen molar-refractivity contribution >= 4 is 27.3 Å². The van der Waals surface area contributed by atoms with Crippen LogP contribution in [-0.2, 0) is 10.1 Å². The molecule has 3 aliphatic rings. The number of ketones is 1. The van der Waals surface area contributed by atoms with Crippen LogP contribution in [0, 0.1) is 5.82 Å². The van der Waals surface area contributed by atoms with Crippen LogP contribution in [0.4, 0.5) is 15.8 Å². The Kier molecular flexibility index (Phi) is 8.02. The van der Waals surface area contributed by atoms with E-state index in [1.165, 1.54) is 47.6 Å². The van der Waals surface area contributed by atoms with Crippen molar-refractivity contribution in [3.63, 3.8) is 0 Å². The van der Waals surface area contributed by atoms with E-state index < -0.39 is 10.1 Å². The number of halogens is 1. The number of carbonyl (C=O) groups excluding carboxylic acids is 1. The number of Topliss-reactive ketones (excluding diaryl/α,β-unsaturated/α-hetero) is 1. The van der Waals surface area contributed by atoms with Gasteiger partial charge in [0.2, 0.25) is 0 Å². The molecule has 0 aromatic heterocycles. The number of fused-ring (bicyclic) bond motifs is 3. The van der Waals surface area contributed by atoms with E-state index in [0.29, 0.717) is 23.9 Å². The van der Waals surface area contributed by atoms with Crippen LogP contribution in [0.25, 0.3) is 0 Å². The van der Waals surface area contributed by atoms with Crippen LogP contribution in [-0.4, -0.2) is 69.5 Å². The topological polar surface area (TPSA) is 81.2 Å². The van der Waals surface area contributed by atoms with Crippen LogP contribution in [0.5, 0.6) is 0 Å². The minimum absolute atomic E-state index is 0.0741. The fraction of sp³-hybridized carbons (Fsp3) is 0.367. The molecule has 1 saturated heterocycles. The Bertz CT molecular complexity index is 1420. The predicted molar refractivity (Wildman–Crippen MR) is 151 cm³/mol. The molecule has 206 valence electrons. The SMILES string of the molecule is CN1CCN2c3c(cccc31)C1CN(CCCC(=O)c3ccc(F)cc3)CCC12.O=S(=O)(O)c1ccccc1. The Morgan fingerprint density at radius 1 is 0.974 bits per heavy atom. The summed E-state index contributed by atoms with van der Waals surface area (Å²) in [6.45, 7) is 5.33. The number of anilines is 2. The highest BCUT2D eigenvalue weighted by Gasteiger charge is 2.44. The van der Waals surface area contributed by atoms with E-state index in [0.717, 1.165) is 39.1 Å². The highest BCUT2D eigenvalue weighted by Crippen LogP contribution is 2.50. The minimum atomic E-state index is -4.00. The molecule has 3 aliphatic heterocycles. The summed E-state index contributed by atoms with van der Waals surface area (Å²) in [4.78, 5) is 19.8. The number of para-hydroxylation sites is 1. The van der Waals surface area contributed by atoms with Crippen LogP contribution >= 0.6 is 0 Å². The van der Waals surface area contributed by atoms with Gasteiger partial charge in [0.05, 0.1) is 16.3 Å². The third-order valence-corrected chi connectivity index (χ3v) is 8.83. The van der Waals surface area contributed by atoms with Crippen molar-refractivity contribution in [2.45, 2.75) is 36.1 Å². The first-order valence-corrected chi connectivity index (χ1v) is 14.8. The molecule has 2 unspecified atom stereocenters. The van der Waals surface area contributed by atoms with Gasteiger partial charge < -0.3 is 14.7 Å². The van der Waals surface area contributed by atoms with E-state index >= 15 is 0 Å². The molecule has 3 aromatic carbocycles. The Balaban J connectivity index is 0.000000261. The zero-order chi connectivity index (χ0) is 27.6. The van der Waals surface area contributed by atoms with Gasteiger partial charge in [0.1, 0.15) is 5.82 Å². The first kappa shape index (κ1) is 27.3.